The van der Waals surface area contributed by atoms with E-state index in [9.17, 15) is 0 Å². The van der Waals surface area contributed by atoms with Crippen LogP contribution >= 0.6 is 0 Å². The van der Waals surface area contributed by atoms with Gasteiger partial charge in [0.15, 0.2) is 0 Å². The van der Waals surface area contributed by atoms with Crippen LogP contribution in [0.4, 0.5) is 0 Å². The zero-order chi connectivity index (χ0) is 13.1. The van der Waals surface area contributed by atoms with Gasteiger partial charge in [-0.25, -0.2) is 0 Å². The Morgan fingerprint density at radius 3 is 2.63 bits per heavy atom. The Hall–Kier alpha value is -0.900. The molecular formula is C16H23NO2. The van der Waals surface area contributed by atoms with Crippen molar-refractivity contribution in [2.75, 3.05) is 19.8 Å². The monoisotopic (exact) mass is 261 g/mol. The van der Waals surface area contributed by atoms with Gasteiger partial charge in [0, 0.05) is 31.7 Å². The van der Waals surface area contributed by atoms with Crippen molar-refractivity contribution in [1.82, 2.24) is 5.32 Å². The maximum absolute atomic E-state index is 5.92. The zero-order valence-electron chi connectivity index (χ0n) is 11.5. The molecule has 3 rings (SSSR count). The second kappa shape index (κ2) is 6.04. The van der Waals surface area contributed by atoms with Crippen molar-refractivity contribution in [3.63, 3.8) is 0 Å². The van der Waals surface area contributed by atoms with E-state index in [1.165, 1.54) is 5.56 Å². The highest BCUT2D eigenvalue weighted by Gasteiger charge is 2.31. The number of nitrogens with one attached hydrogen (secondary N) is 1. The van der Waals surface area contributed by atoms with Gasteiger partial charge in [-0.05, 0) is 25.3 Å². The maximum Gasteiger partial charge on any atom is 0.0866 e. The van der Waals surface area contributed by atoms with Crippen LogP contribution in [0.2, 0.25) is 0 Å². The lowest BCUT2D eigenvalue weighted by Crippen LogP contribution is -2.38. The average molecular weight is 261 g/mol. The standard InChI is InChI=1S/C16H23NO2/c1-12-15(8-10-18-12)17-11-14-7-9-19-16(14)13-5-3-2-4-6-13/h2-6,12,14-17H,7-11H2,1H3/t12-,14-,15+,16-/m1/s1. The van der Waals surface area contributed by atoms with Gasteiger partial charge in [0.2, 0.25) is 0 Å². The van der Waals surface area contributed by atoms with Gasteiger partial charge in [0.05, 0.1) is 12.2 Å². The predicted molar refractivity (Wildman–Crippen MR) is 75.1 cm³/mol. The van der Waals surface area contributed by atoms with Crippen molar-refractivity contribution in [1.29, 1.82) is 0 Å². The first-order valence-electron chi connectivity index (χ1n) is 7.36. The van der Waals surface area contributed by atoms with E-state index >= 15 is 0 Å². The molecule has 0 amide bonds. The van der Waals surface area contributed by atoms with Crippen molar-refractivity contribution in [3.05, 3.63) is 35.9 Å². The van der Waals surface area contributed by atoms with E-state index < -0.39 is 0 Å². The highest BCUT2D eigenvalue weighted by Crippen LogP contribution is 2.34. The Bertz CT molecular complexity index is 395. The first-order valence-corrected chi connectivity index (χ1v) is 7.36. The van der Waals surface area contributed by atoms with Gasteiger partial charge in [-0.15, -0.1) is 0 Å². The van der Waals surface area contributed by atoms with E-state index in [0.29, 0.717) is 18.1 Å². The number of ether oxygens (including phenoxy) is 2. The first kappa shape index (κ1) is 13.1. The number of benzene rings is 1. The fourth-order valence-electron chi connectivity index (χ4n) is 3.16. The summed E-state index contributed by atoms with van der Waals surface area (Å²) in [5.74, 6) is 0.579. The van der Waals surface area contributed by atoms with Crippen LogP contribution in [0.15, 0.2) is 30.3 Å². The summed E-state index contributed by atoms with van der Waals surface area (Å²) in [5.41, 5.74) is 1.31. The summed E-state index contributed by atoms with van der Waals surface area (Å²) < 4.78 is 11.5. The van der Waals surface area contributed by atoms with Crippen LogP contribution in [0.3, 0.4) is 0 Å². The van der Waals surface area contributed by atoms with Crippen molar-refractivity contribution < 1.29 is 9.47 Å². The van der Waals surface area contributed by atoms with Crippen LogP contribution < -0.4 is 5.32 Å². The lowest BCUT2D eigenvalue weighted by atomic mass is 9.95. The maximum atomic E-state index is 5.92. The molecule has 0 unspecified atom stereocenters. The molecule has 1 N–H and O–H groups in total. The molecule has 0 spiro atoms. The molecule has 104 valence electrons. The predicted octanol–water partition coefficient (Wildman–Crippen LogP) is 2.53. The minimum Gasteiger partial charge on any atom is -0.377 e. The van der Waals surface area contributed by atoms with Crippen LogP contribution in [0.25, 0.3) is 0 Å². The highest BCUT2D eigenvalue weighted by molar-refractivity contribution is 5.19. The Morgan fingerprint density at radius 2 is 1.89 bits per heavy atom. The van der Waals surface area contributed by atoms with Crippen LogP contribution in [0.1, 0.15) is 31.4 Å². The molecule has 1 aromatic rings. The van der Waals surface area contributed by atoms with Crippen LogP contribution in [0.5, 0.6) is 0 Å². The average Bonchev–Trinajstić information content (AvgIpc) is 3.06. The highest BCUT2D eigenvalue weighted by atomic mass is 16.5. The third-order valence-electron chi connectivity index (χ3n) is 4.36. The minimum absolute atomic E-state index is 0.256. The van der Waals surface area contributed by atoms with Gasteiger partial charge < -0.3 is 14.8 Å². The Kier molecular flexibility index (Phi) is 4.16. The SMILES string of the molecule is C[C@H]1OCC[C@@H]1NC[C@H]1CCO[C@@H]1c1ccccc1. The molecule has 19 heavy (non-hydrogen) atoms. The van der Waals surface area contributed by atoms with Crippen molar-refractivity contribution >= 4 is 0 Å². The molecule has 2 heterocycles. The second-order valence-electron chi connectivity index (χ2n) is 5.63. The fourth-order valence-corrected chi connectivity index (χ4v) is 3.16. The Labute approximate surface area is 115 Å². The summed E-state index contributed by atoms with van der Waals surface area (Å²) in [6.07, 6.45) is 2.88. The smallest absolute Gasteiger partial charge is 0.0866 e. The molecule has 3 nitrogen and oxygen atoms in total. The van der Waals surface area contributed by atoms with Gasteiger partial charge in [0.25, 0.3) is 0 Å². The van der Waals surface area contributed by atoms with Crippen molar-refractivity contribution in [2.45, 2.75) is 38.0 Å². The van der Waals surface area contributed by atoms with E-state index in [4.69, 9.17) is 9.47 Å². The van der Waals surface area contributed by atoms with E-state index in [1.54, 1.807) is 0 Å². The van der Waals surface area contributed by atoms with Gasteiger partial charge >= 0.3 is 0 Å². The van der Waals surface area contributed by atoms with Gasteiger partial charge in [-0.2, -0.15) is 0 Å². The van der Waals surface area contributed by atoms with Gasteiger partial charge in [-0.3, -0.25) is 0 Å². The Balaban J connectivity index is 1.58. The largest absolute Gasteiger partial charge is 0.377 e. The molecule has 2 saturated heterocycles. The summed E-state index contributed by atoms with van der Waals surface area (Å²) in [6, 6.07) is 11.1. The van der Waals surface area contributed by atoms with E-state index in [1.807, 2.05) is 0 Å². The molecule has 0 aliphatic carbocycles. The molecule has 3 heteroatoms. The number of rotatable bonds is 4. The van der Waals surface area contributed by atoms with E-state index in [0.717, 1.165) is 32.6 Å². The summed E-state index contributed by atoms with van der Waals surface area (Å²) in [6.45, 7) is 4.95. The first-order chi connectivity index (χ1) is 9.34. The third-order valence-corrected chi connectivity index (χ3v) is 4.36. The van der Waals surface area contributed by atoms with Crippen molar-refractivity contribution in [3.8, 4) is 0 Å². The quantitative estimate of drug-likeness (QED) is 0.903. The molecule has 1 aromatic carbocycles. The molecular weight excluding hydrogens is 238 g/mol. The Morgan fingerprint density at radius 1 is 1.11 bits per heavy atom. The third kappa shape index (κ3) is 2.99. The summed E-state index contributed by atoms with van der Waals surface area (Å²) in [7, 11) is 0. The lowest BCUT2D eigenvalue weighted by molar-refractivity contribution is 0.0862. The normalized spacial score (nSPS) is 34.8. The molecule has 0 bridgehead atoms. The number of hydrogen-bond acceptors (Lipinski definition) is 3. The van der Waals surface area contributed by atoms with Crippen LogP contribution in [-0.2, 0) is 9.47 Å². The molecule has 4 atom stereocenters. The molecule has 2 fully saturated rings. The molecule has 0 saturated carbocycles. The van der Waals surface area contributed by atoms with Crippen molar-refractivity contribution in [2.24, 2.45) is 5.92 Å². The second-order valence-corrected chi connectivity index (χ2v) is 5.63. The van der Waals surface area contributed by atoms with Crippen LogP contribution in [0, 0.1) is 5.92 Å². The minimum atomic E-state index is 0.256. The topological polar surface area (TPSA) is 30.5 Å². The molecule has 2 aliphatic rings. The van der Waals surface area contributed by atoms with Gasteiger partial charge in [0.1, 0.15) is 0 Å². The molecule has 0 aromatic heterocycles. The zero-order valence-corrected chi connectivity index (χ0v) is 11.5. The molecule has 2 aliphatic heterocycles. The van der Waals surface area contributed by atoms with E-state index in [2.05, 4.69) is 42.6 Å². The van der Waals surface area contributed by atoms with Crippen LogP contribution in [-0.4, -0.2) is 31.9 Å². The lowest BCUT2D eigenvalue weighted by Gasteiger charge is -2.23. The fraction of sp³-hybridized carbons (Fsp3) is 0.625. The number of hydrogen-bond donors (Lipinski definition) is 1. The molecule has 0 radical (unpaired) electrons. The summed E-state index contributed by atoms with van der Waals surface area (Å²) in [4.78, 5) is 0. The summed E-state index contributed by atoms with van der Waals surface area (Å²) in [5, 5.41) is 3.67. The van der Waals surface area contributed by atoms with E-state index in [-0.39, 0.29) is 6.10 Å². The summed E-state index contributed by atoms with van der Waals surface area (Å²) >= 11 is 0. The van der Waals surface area contributed by atoms with Gasteiger partial charge in [-0.1, -0.05) is 30.3 Å².